The van der Waals surface area contributed by atoms with Crippen LogP contribution in [0.2, 0.25) is 0 Å². The normalized spacial score (nSPS) is 21.4. The first-order valence-electron chi connectivity index (χ1n) is 10.8. The molecule has 1 aliphatic heterocycles. The zero-order valence-electron chi connectivity index (χ0n) is 17.0. The maximum Gasteiger partial charge on any atom is 0.127 e. The summed E-state index contributed by atoms with van der Waals surface area (Å²) in [5, 5.41) is 16.9. The van der Waals surface area contributed by atoms with Crippen LogP contribution in [-0.4, -0.2) is 5.11 Å². The van der Waals surface area contributed by atoms with E-state index in [9.17, 15) is 5.11 Å². The molecule has 0 fully saturated rings. The fourth-order valence-corrected chi connectivity index (χ4v) is 5.16. The third kappa shape index (κ3) is 3.05. The predicted molar refractivity (Wildman–Crippen MR) is 125 cm³/mol. The summed E-state index contributed by atoms with van der Waals surface area (Å²) in [7, 11) is 0. The molecule has 1 heterocycles. The first kappa shape index (κ1) is 18.1. The van der Waals surface area contributed by atoms with E-state index in [4.69, 9.17) is 4.74 Å². The summed E-state index contributed by atoms with van der Waals surface area (Å²) in [6, 6.07) is 28.3. The molecule has 6 rings (SSSR count). The molecule has 2 aliphatic rings. The zero-order valence-corrected chi connectivity index (χ0v) is 17.0. The lowest BCUT2D eigenvalue weighted by Gasteiger charge is -2.38. The second-order valence-corrected chi connectivity index (χ2v) is 8.36. The summed E-state index contributed by atoms with van der Waals surface area (Å²) in [6.07, 6.45) is 5.56. The average Bonchev–Trinajstić information content (AvgIpc) is 3.30. The molecule has 152 valence electrons. The molecule has 0 aromatic heterocycles. The van der Waals surface area contributed by atoms with Crippen molar-refractivity contribution in [1.29, 1.82) is 0 Å². The van der Waals surface area contributed by atoms with Gasteiger partial charge in [0, 0.05) is 17.2 Å². The van der Waals surface area contributed by atoms with Crippen LogP contribution in [0.3, 0.4) is 0 Å². The Kier molecular flexibility index (Phi) is 4.20. The summed E-state index contributed by atoms with van der Waals surface area (Å²) in [5.74, 6) is 2.67. The Bertz CT molecular complexity index is 1300. The van der Waals surface area contributed by atoms with Gasteiger partial charge in [0.1, 0.15) is 17.2 Å². The molecule has 2 N–H and O–H groups in total. The van der Waals surface area contributed by atoms with E-state index in [1.165, 1.54) is 5.56 Å². The SMILES string of the molecule is Oc1ccc2ccccc2c1C1Nc2ccc(Oc3ccccc3)cc2C2C=CCC21. The third-order valence-electron chi connectivity index (χ3n) is 6.57. The van der Waals surface area contributed by atoms with Crippen LogP contribution in [0, 0.1) is 5.92 Å². The van der Waals surface area contributed by atoms with Gasteiger partial charge >= 0.3 is 0 Å². The summed E-state index contributed by atoms with van der Waals surface area (Å²) < 4.78 is 6.09. The first-order valence-corrected chi connectivity index (χ1v) is 10.8. The van der Waals surface area contributed by atoms with E-state index in [1.807, 2.05) is 60.7 Å². The van der Waals surface area contributed by atoms with Crippen LogP contribution in [0.15, 0.2) is 97.1 Å². The number of allylic oxidation sites excluding steroid dienone is 2. The summed E-state index contributed by atoms with van der Waals surface area (Å²) in [6.45, 7) is 0. The van der Waals surface area contributed by atoms with Gasteiger partial charge in [-0.25, -0.2) is 0 Å². The van der Waals surface area contributed by atoms with E-state index in [0.29, 0.717) is 17.6 Å². The van der Waals surface area contributed by atoms with Crippen molar-refractivity contribution in [2.75, 3.05) is 5.32 Å². The number of anilines is 1. The Balaban J connectivity index is 1.42. The second kappa shape index (κ2) is 7.21. The van der Waals surface area contributed by atoms with E-state index < -0.39 is 0 Å². The topological polar surface area (TPSA) is 41.5 Å². The summed E-state index contributed by atoms with van der Waals surface area (Å²) in [4.78, 5) is 0. The fourth-order valence-electron chi connectivity index (χ4n) is 5.16. The minimum absolute atomic E-state index is 0.0412. The Hall–Kier alpha value is -3.72. The molecule has 0 amide bonds. The van der Waals surface area contributed by atoms with Crippen LogP contribution in [0.5, 0.6) is 17.2 Å². The summed E-state index contributed by atoms with van der Waals surface area (Å²) in [5.41, 5.74) is 3.35. The fraction of sp³-hybridized carbons (Fsp3) is 0.143. The highest BCUT2D eigenvalue weighted by atomic mass is 16.5. The first-order chi connectivity index (χ1) is 15.3. The van der Waals surface area contributed by atoms with E-state index in [0.717, 1.165) is 39.9 Å². The van der Waals surface area contributed by atoms with Crippen molar-refractivity contribution < 1.29 is 9.84 Å². The Morgan fingerprint density at radius 3 is 2.58 bits per heavy atom. The molecule has 0 radical (unpaired) electrons. The molecule has 31 heavy (non-hydrogen) atoms. The predicted octanol–water partition coefficient (Wildman–Crippen LogP) is 7.16. The van der Waals surface area contributed by atoms with Crippen molar-refractivity contribution in [3.8, 4) is 17.2 Å². The Morgan fingerprint density at radius 2 is 1.68 bits per heavy atom. The van der Waals surface area contributed by atoms with Crippen molar-refractivity contribution in [1.82, 2.24) is 0 Å². The highest BCUT2D eigenvalue weighted by Crippen LogP contribution is 2.53. The van der Waals surface area contributed by atoms with Crippen molar-refractivity contribution in [3.05, 3.63) is 108 Å². The number of hydrogen-bond donors (Lipinski definition) is 2. The van der Waals surface area contributed by atoms with Crippen LogP contribution < -0.4 is 10.1 Å². The number of benzene rings is 4. The van der Waals surface area contributed by atoms with Crippen molar-refractivity contribution in [3.63, 3.8) is 0 Å². The molecule has 3 atom stereocenters. The lowest BCUT2D eigenvalue weighted by Crippen LogP contribution is -2.29. The maximum absolute atomic E-state index is 10.9. The van der Waals surface area contributed by atoms with Crippen molar-refractivity contribution in [2.45, 2.75) is 18.4 Å². The lowest BCUT2D eigenvalue weighted by molar-refractivity contribution is 0.403. The van der Waals surface area contributed by atoms with Gasteiger partial charge in [0.05, 0.1) is 6.04 Å². The van der Waals surface area contributed by atoms with Gasteiger partial charge in [-0.2, -0.15) is 0 Å². The van der Waals surface area contributed by atoms with Gasteiger partial charge in [0.25, 0.3) is 0 Å². The number of phenols is 1. The van der Waals surface area contributed by atoms with E-state index >= 15 is 0 Å². The number of rotatable bonds is 3. The molecule has 0 spiro atoms. The van der Waals surface area contributed by atoms with Crippen LogP contribution in [0.4, 0.5) is 5.69 Å². The minimum Gasteiger partial charge on any atom is -0.508 e. The van der Waals surface area contributed by atoms with Gasteiger partial charge in [0.2, 0.25) is 0 Å². The molecule has 3 nitrogen and oxygen atoms in total. The zero-order chi connectivity index (χ0) is 20.8. The van der Waals surface area contributed by atoms with Crippen LogP contribution in [-0.2, 0) is 0 Å². The molecule has 0 saturated carbocycles. The number of aromatic hydroxyl groups is 1. The lowest BCUT2D eigenvalue weighted by atomic mass is 9.76. The van der Waals surface area contributed by atoms with Gasteiger partial charge in [-0.15, -0.1) is 0 Å². The van der Waals surface area contributed by atoms with Crippen molar-refractivity contribution in [2.24, 2.45) is 5.92 Å². The molecule has 4 aromatic rings. The number of phenolic OH excluding ortho intramolecular Hbond substituents is 1. The third-order valence-corrected chi connectivity index (χ3v) is 6.57. The number of para-hydroxylation sites is 1. The van der Waals surface area contributed by atoms with Gasteiger partial charge in [-0.3, -0.25) is 0 Å². The molecule has 1 aliphatic carbocycles. The smallest absolute Gasteiger partial charge is 0.127 e. The molecule has 0 bridgehead atoms. The molecule has 0 saturated heterocycles. The van der Waals surface area contributed by atoms with Crippen LogP contribution >= 0.6 is 0 Å². The van der Waals surface area contributed by atoms with Gasteiger partial charge in [-0.05, 0) is 65.1 Å². The minimum atomic E-state index is 0.0412. The van der Waals surface area contributed by atoms with Crippen LogP contribution in [0.25, 0.3) is 10.8 Å². The van der Waals surface area contributed by atoms with Crippen molar-refractivity contribution >= 4 is 16.5 Å². The van der Waals surface area contributed by atoms with E-state index in [2.05, 4.69) is 41.7 Å². The second-order valence-electron chi connectivity index (χ2n) is 8.36. The van der Waals surface area contributed by atoms with Gasteiger partial charge in [-0.1, -0.05) is 60.7 Å². The Morgan fingerprint density at radius 1 is 0.839 bits per heavy atom. The van der Waals surface area contributed by atoms with E-state index in [-0.39, 0.29) is 6.04 Å². The molecular formula is C28H23NO2. The highest BCUT2D eigenvalue weighted by Gasteiger charge is 2.39. The largest absolute Gasteiger partial charge is 0.508 e. The van der Waals surface area contributed by atoms with Gasteiger partial charge < -0.3 is 15.2 Å². The number of nitrogens with one attached hydrogen (secondary N) is 1. The highest BCUT2D eigenvalue weighted by molar-refractivity contribution is 5.89. The Labute approximate surface area is 181 Å². The number of hydrogen-bond acceptors (Lipinski definition) is 3. The summed E-state index contributed by atoms with van der Waals surface area (Å²) >= 11 is 0. The number of fused-ring (bicyclic) bond motifs is 4. The standard InChI is InChI=1S/C28H23NO2/c30-26-16-13-18-7-4-5-10-21(18)27(26)28-23-12-6-11-22(23)24-17-20(14-15-25(24)29-28)31-19-8-2-1-3-9-19/h1-11,13-17,22-23,28-30H,12H2. The quantitative estimate of drug-likeness (QED) is 0.355. The molecular weight excluding hydrogens is 382 g/mol. The average molecular weight is 405 g/mol. The monoisotopic (exact) mass is 405 g/mol. The maximum atomic E-state index is 10.9. The molecule has 3 unspecified atom stereocenters. The van der Waals surface area contributed by atoms with Gasteiger partial charge in [0.15, 0.2) is 0 Å². The van der Waals surface area contributed by atoms with E-state index in [1.54, 1.807) is 0 Å². The number of ether oxygens (including phenoxy) is 1. The van der Waals surface area contributed by atoms with Crippen LogP contribution in [0.1, 0.15) is 29.5 Å². The molecule has 3 heteroatoms. The molecule has 4 aromatic carbocycles.